The summed E-state index contributed by atoms with van der Waals surface area (Å²) in [6, 6.07) is 6.67. The lowest BCUT2D eigenvalue weighted by atomic mass is 9.99. The lowest BCUT2D eigenvalue weighted by molar-refractivity contribution is -0.134. The number of anilines is 1. The van der Waals surface area contributed by atoms with E-state index in [4.69, 9.17) is 16.0 Å². The first-order chi connectivity index (χ1) is 14.9. The molecule has 162 valence electrons. The van der Waals surface area contributed by atoms with Crippen molar-refractivity contribution in [1.82, 2.24) is 9.88 Å². The molecule has 1 N–H and O–H groups in total. The number of rotatable bonds is 5. The molecule has 0 unspecified atom stereocenters. The molecule has 0 bridgehead atoms. The number of halogens is 1. The van der Waals surface area contributed by atoms with Crippen molar-refractivity contribution in [3.63, 3.8) is 0 Å². The maximum absolute atomic E-state index is 12.3. The van der Waals surface area contributed by atoms with Crippen molar-refractivity contribution in [2.75, 3.05) is 18.4 Å². The van der Waals surface area contributed by atoms with Crippen LogP contribution in [0.4, 0.5) is 5.13 Å². The van der Waals surface area contributed by atoms with Gasteiger partial charge >= 0.3 is 5.63 Å². The van der Waals surface area contributed by atoms with Crippen molar-refractivity contribution >= 4 is 50.9 Å². The molecule has 1 aromatic carbocycles. The van der Waals surface area contributed by atoms with Crippen LogP contribution in [-0.2, 0) is 9.59 Å². The number of nitrogens with zero attached hydrogens (tertiary/aromatic N) is 2. The smallest absolute Gasteiger partial charge is 0.345 e. The molecule has 3 aromatic rings. The molecule has 4 rings (SSSR count). The highest BCUT2D eigenvalue weighted by atomic mass is 35.5. The van der Waals surface area contributed by atoms with Gasteiger partial charge in [0.1, 0.15) is 5.58 Å². The van der Waals surface area contributed by atoms with E-state index >= 15 is 0 Å². The van der Waals surface area contributed by atoms with Crippen LogP contribution in [0, 0.1) is 5.92 Å². The molecule has 0 radical (unpaired) electrons. The van der Waals surface area contributed by atoms with Crippen LogP contribution < -0.4 is 10.9 Å². The van der Waals surface area contributed by atoms with Gasteiger partial charge in [0.2, 0.25) is 11.8 Å². The van der Waals surface area contributed by atoms with Gasteiger partial charge in [-0.2, -0.15) is 0 Å². The Hall–Kier alpha value is -2.71. The highest BCUT2D eigenvalue weighted by molar-refractivity contribution is 7.14. The van der Waals surface area contributed by atoms with Crippen LogP contribution in [0.1, 0.15) is 32.6 Å². The second-order valence-electron chi connectivity index (χ2n) is 7.78. The van der Waals surface area contributed by atoms with Gasteiger partial charge in [-0.15, -0.1) is 11.3 Å². The van der Waals surface area contributed by atoms with E-state index in [1.54, 1.807) is 29.6 Å². The van der Waals surface area contributed by atoms with Crippen LogP contribution >= 0.6 is 22.9 Å². The Labute approximate surface area is 188 Å². The van der Waals surface area contributed by atoms with Gasteiger partial charge in [0.25, 0.3) is 0 Å². The molecular formula is C22H22ClN3O4S. The number of nitrogens with one attached hydrogen (secondary N) is 1. The summed E-state index contributed by atoms with van der Waals surface area (Å²) < 4.78 is 5.34. The first-order valence-electron chi connectivity index (χ1n) is 10.2. The van der Waals surface area contributed by atoms with Crippen molar-refractivity contribution < 1.29 is 14.0 Å². The second-order valence-corrected chi connectivity index (χ2v) is 9.07. The van der Waals surface area contributed by atoms with E-state index in [0.29, 0.717) is 38.3 Å². The summed E-state index contributed by atoms with van der Waals surface area (Å²) in [6.07, 6.45) is 2.29. The van der Waals surface area contributed by atoms with E-state index in [1.165, 1.54) is 11.3 Å². The largest absolute Gasteiger partial charge is 0.422 e. The molecular weight excluding hydrogens is 438 g/mol. The highest BCUT2D eigenvalue weighted by Gasteiger charge is 2.21. The number of likely N-dealkylation sites (tertiary alicyclic amines) is 1. The number of thiazole rings is 1. The summed E-state index contributed by atoms with van der Waals surface area (Å²) in [4.78, 5) is 43.1. The van der Waals surface area contributed by atoms with Gasteiger partial charge in [-0.1, -0.05) is 18.5 Å². The third kappa shape index (κ3) is 5.14. The maximum Gasteiger partial charge on any atom is 0.345 e. The number of carbonyl (C=O) groups excluding carboxylic acids is 2. The van der Waals surface area contributed by atoms with Gasteiger partial charge in [0, 0.05) is 41.7 Å². The minimum atomic E-state index is -0.514. The molecule has 3 heterocycles. The maximum atomic E-state index is 12.3. The summed E-state index contributed by atoms with van der Waals surface area (Å²) in [5.41, 5.74) is 0.629. The van der Waals surface area contributed by atoms with Gasteiger partial charge in [-0.25, -0.2) is 9.78 Å². The third-order valence-electron chi connectivity index (χ3n) is 5.42. The number of amides is 2. The summed E-state index contributed by atoms with van der Waals surface area (Å²) >= 11 is 7.23. The first kappa shape index (κ1) is 21.5. The molecule has 1 aliphatic rings. The molecule has 0 saturated carbocycles. The lowest BCUT2D eigenvalue weighted by Gasteiger charge is -2.30. The minimum absolute atomic E-state index is 0.00862. The highest BCUT2D eigenvalue weighted by Crippen LogP contribution is 2.26. The van der Waals surface area contributed by atoms with Crippen molar-refractivity contribution in [3.8, 4) is 11.3 Å². The molecule has 1 saturated heterocycles. The normalized spacial score (nSPS) is 14.7. The monoisotopic (exact) mass is 459 g/mol. The van der Waals surface area contributed by atoms with Crippen molar-refractivity contribution in [2.24, 2.45) is 5.92 Å². The molecule has 2 amide bonds. The van der Waals surface area contributed by atoms with Crippen LogP contribution in [0.15, 0.2) is 38.9 Å². The number of aromatic nitrogens is 1. The van der Waals surface area contributed by atoms with E-state index in [1.807, 2.05) is 4.90 Å². The Morgan fingerprint density at radius 1 is 1.26 bits per heavy atom. The standard InChI is InChI=1S/C22H22ClN3O4S/c1-13-6-8-26(9-7-13)20(28)5-4-19(27)25-22-24-17(12-31-22)16-11-14-10-15(23)2-3-18(14)30-21(16)29/h2-3,10-13H,4-9H2,1H3,(H,24,25,27). The summed E-state index contributed by atoms with van der Waals surface area (Å²) in [7, 11) is 0. The minimum Gasteiger partial charge on any atom is -0.422 e. The summed E-state index contributed by atoms with van der Waals surface area (Å²) in [5.74, 6) is 0.375. The van der Waals surface area contributed by atoms with E-state index in [9.17, 15) is 14.4 Å². The van der Waals surface area contributed by atoms with E-state index in [2.05, 4.69) is 17.2 Å². The molecule has 2 aromatic heterocycles. The van der Waals surface area contributed by atoms with Crippen molar-refractivity contribution in [2.45, 2.75) is 32.6 Å². The van der Waals surface area contributed by atoms with Crippen molar-refractivity contribution in [1.29, 1.82) is 0 Å². The molecule has 0 aliphatic carbocycles. The molecule has 1 fully saturated rings. The predicted molar refractivity (Wildman–Crippen MR) is 121 cm³/mol. The average Bonchev–Trinajstić information content (AvgIpc) is 3.20. The van der Waals surface area contributed by atoms with Crippen molar-refractivity contribution in [3.05, 3.63) is 45.1 Å². The fourth-order valence-electron chi connectivity index (χ4n) is 3.55. The zero-order valence-corrected chi connectivity index (χ0v) is 18.6. The topological polar surface area (TPSA) is 92.5 Å². The van der Waals surface area contributed by atoms with Gasteiger partial charge < -0.3 is 14.6 Å². The van der Waals surface area contributed by atoms with Crippen LogP contribution in [0.5, 0.6) is 0 Å². The predicted octanol–water partition coefficient (Wildman–Crippen LogP) is 4.55. The number of fused-ring (bicyclic) bond motifs is 1. The number of benzene rings is 1. The number of hydrogen-bond donors (Lipinski definition) is 1. The van der Waals surface area contributed by atoms with E-state index in [-0.39, 0.29) is 24.7 Å². The zero-order chi connectivity index (χ0) is 22.0. The Morgan fingerprint density at radius 2 is 2.03 bits per heavy atom. The molecule has 0 atom stereocenters. The summed E-state index contributed by atoms with van der Waals surface area (Å²) in [5, 5.41) is 5.97. The fraction of sp³-hybridized carbons (Fsp3) is 0.364. The third-order valence-corrected chi connectivity index (χ3v) is 6.42. The quantitative estimate of drug-likeness (QED) is 0.565. The first-order valence-corrected chi connectivity index (χ1v) is 11.4. The molecule has 31 heavy (non-hydrogen) atoms. The van der Waals surface area contributed by atoms with Gasteiger partial charge in [-0.3, -0.25) is 9.59 Å². The Kier molecular flexibility index (Phi) is 6.38. The SMILES string of the molecule is CC1CCN(C(=O)CCC(=O)Nc2nc(-c3cc4cc(Cl)ccc4oc3=O)cs2)CC1. The number of piperidine rings is 1. The van der Waals surface area contributed by atoms with Crippen LogP contribution in [0.3, 0.4) is 0 Å². The molecule has 1 aliphatic heterocycles. The molecule has 7 nitrogen and oxygen atoms in total. The fourth-order valence-corrected chi connectivity index (χ4v) is 4.45. The summed E-state index contributed by atoms with van der Waals surface area (Å²) in [6.45, 7) is 3.71. The van der Waals surface area contributed by atoms with Gasteiger partial charge in [0.15, 0.2) is 5.13 Å². The lowest BCUT2D eigenvalue weighted by Crippen LogP contribution is -2.38. The van der Waals surface area contributed by atoms with Gasteiger partial charge in [0.05, 0.1) is 11.3 Å². The molecule has 9 heteroatoms. The van der Waals surface area contributed by atoms with E-state index in [0.717, 1.165) is 25.9 Å². The Bertz CT molecular complexity index is 1180. The van der Waals surface area contributed by atoms with Crippen LogP contribution in [0.2, 0.25) is 5.02 Å². The second kappa shape index (κ2) is 9.20. The Morgan fingerprint density at radius 3 is 2.81 bits per heavy atom. The van der Waals surface area contributed by atoms with Crippen LogP contribution in [-0.4, -0.2) is 34.8 Å². The number of hydrogen-bond acceptors (Lipinski definition) is 6. The zero-order valence-electron chi connectivity index (χ0n) is 17.0. The van der Waals surface area contributed by atoms with Gasteiger partial charge in [-0.05, 0) is 43.0 Å². The molecule has 0 spiro atoms. The average molecular weight is 460 g/mol. The van der Waals surface area contributed by atoms with Crippen LogP contribution in [0.25, 0.3) is 22.2 Å². The number of carbonyl (C=O) groups is 2. The van der Waals surface area contributed by atoms with E-state index < -0.39 is 5.63 Å². The Balaban J connectivity index is 1.38.